The second kappa shape index (κ2) is 9.87. The largest absolute Gasteiger partial charge is 0.507 e. The molecular weight excluding hydrogens is 581 g/mol. The maximum absolute atomic E-state index is 14.9. The van der Waals surface area contributed by atoms with Gasteiger partial charge in [-0.3, -0.25) is 4.98 Å². The van der Waals surface area contributed by atoms with E-state index >= 15 is 0 Å². The summed E-state index contributed by atoms with van der Waals surface area (Å²) in [7, 11) is 0. The lowest BCUT2D eigenvalue weighted by Gasteiger charge is -2.46. The average molecular weight is 609 g/mol. The average Bonchev–Trinajstić information content (AvgIpc) is 3.17. The molecule has 1 saturated heterocycles. The van der Waals surface area contributed by atoms with E-state index in [4.69, 9.17) is 0 Å². The summed E-state index contributed by atoms with van der Waals surface area (Å²) in [5.74, 6) is -0.565. The van der Waals surface area contributed by atoms with E-state index in [0.717, 1.165) is 12.8 Å². The molecule has 0 bridgehead atoms. The Morgan fingerprint density at radius 3 is 2.26 bits per heavy atom. The summed E-state index contributed by atoms with van der Waals surface area (Å²) in [4.78, 5) is 3.95. The zero-order chi connectivity index (χ0) is 23.4. The molecule has 8 nitrogen and oxygen atoms in total. The van der Waals surface area contributed by atoms with E-state index in [-0.39, 0.29) is 68.0 Å². The van der Waals surface area contributed by atoms with Gasteiger partial charge in [-0.15, -0.1) is 49.3 Å². The van der Waals surface area contributed by atoms with Crippen LogP contribution in [0.3, 0.4) is 0 Å². The van der Waals surface area contributed by atoms with Gasteiger partial charge >= 0.3 is 0 Å². The molecule has 1 aliphatic heterocycles. The quantitative estimate of drug-likeness (QED) is 0.320. The summed E-state index contributed by atoms with van der Waals surface area (Å²) in [5.41, 5.74) is 2.50. The van der Waals surface area contributed by atoms with Gasteiger partial charge in [0.2, 0.25) is 5.65 Å². The van der Waals surface area contributed by atoms with Crippen molar-refractivity contribution in [2.24, 2.45) is 0 Å². The van der Waals surface area contributed by atoms with Crippen molar-refractivity contribution in [2.45, 2.75) is 57.7 Å². The molecule has 0 aliphatic carbocycles. The number of phenols is 1. The number of nitrogens with one attached hydrogen (secondary N) is 1. The van der Waals surface area contributed by atoms with Crippen molar-refractivity contribution in [2.75, 3.05) is 0 Å². The highest BCUT2D eigenvalue weighted by Crippen LogP contribution is 2.38. The molecular formula is C24H28Br2FN7O. The number of hydrogen-bond acceptors (Lipinski definition) is 7. The van der Waals surface area contributed by atoms with E-state index < -0.39 is 5.82 Å². The molecule has 0 amide bonds. The van der Waals surface area contributed by atoms with Gasteiger partial charge in [-0.1, -0.05) is 5.21 Å². The predicted octanol–water partition coefficient (Wildman–Crippen LogP) is 5.43. The lowest BCUT2D eigenvalue weighted by atomic mass is 9.80. The topological polar surface area (TPSA) is 102 Å². The molecule has 186 valence electrons. The molecule has 1 aromatic carbocycles. The maximum Gasteiger partial charge on any atom is 0.201 e. The Balaban J connectivity index is 0.00000171. The Morgan fingerprint density at radius 2 is 1.60 bits per heavy atom. The number of aromatic nitrogens is 6. The van der Waals surface area contributed by atoms with Crippen LogP contribution in [0.5, 0.6) is 5.75 Å². The number of nitrogens with zero attached hydrogens (tertiary/aromatic N) is 6. The van der Waals surface area contributed by atoms with Gasteiger partial charge in [0.25, 0.3) is 0 Å². The standard InChI is InChI=1S/C24H26FN7O.2BrH/c1-23(2)12-15(13-24(3,4)30-23)32-22-20(28-31-32)11-19(27-29-22)17-9-18(25)16(10-21(17)33)14-5-7-26-8-6-14;;/h5-11,15,30,33H,12-13H2,1-4H3;2*1H. The van der Waals surface area contributed by atoms with Crippen LogP contribution in [0, 0.1) is 5.82 Å². The number of phenolic OH excluding ortho intramolecular Hbond substituents is 1. The number of fused-ring (bicyclic) bond motifs is 1. The molecule has 11 heteroatoms. The van der Waals surface area contributed by atoms with Crippen LogP contribution in [0.15, 0.2) is 42.7 Å². The van der Waals surface area contributed by atoms with Crippen LogP contribution in [0.1, 0.15) is 46.6 Å². The Bertz CT molecular complexity index is 1330. The Labute approximate surface area is 223 Å². The molecule has 3 aromatic heterocycles. The van der Waals surface area contributed by atoms with E-state index in [1.54, 1.807) is 30.6 Å². The summed E-state index contributed by atoms with van der Waals surface area (Å²) >= 11 is 0. The zero-order valence-electron chi connectivity index (χ0n) is 19.9. The fourth-order valence-corrected chi connectivity index (χ4v) is 5.09. The Morgan fingerprint density at radius 1 is 0.943 bits per heavy atom. The summed E-state index contributed by atoms with van der Waals surface area (Å²) < 4.78 is 16.7. The minimum atomic E-state index is -0.473. The molecule has 0 radical (unpaired) electrons. The van der Waals surface area contributed by atoms with Crippen LogP contribution in [0.2, 0.25) is 0 Å². The van der Waals surface area contributed by atoms with Crippen LogP contribution >= 0.6 is 34.0 Å². The van der Waals surface area contributed by atoms with Crippen LogP contribution in [-0.2, 0) is 0 Å². The van der Waals surface area contributed by atoms with Crippen LogP contribution in [0.25, 0.3) is 33.5 Å². The van der Waals surface area contributed by atoms with E-state index in [2.05, 4.69) is 58.5 Å². The van der Waals surface area contributed by atoms with Crippen molar-refractivity contribution in [1.29, 1.82) is 0 Å². The van der Waals surface area contributed by atoms with Crippen molar-refractivity contribution >= 4 is 45.1 Å². The third kappa shape index (κ3) is 5.36. The van der Waals surface area contributed by atoms with Gasteiger partial charge in [-0.05, 0) is 76.4 Å². The number of halogens is 3. The fraction of sp³-hybridized carbons (Fsp3) is 0.375. The van der Waals surface area contributed by atoms with Crippen LogP contribution < -0.4 is 5.32 Å². The highest BCUT2D eigenvalue weighted by Gasteiger charge is 2.39. The van der Waals surface area contributed by atoms with E-state index in [1.165, 1.54) is 12.1 Å². The number of hydrogen-bond donors (Lipinski definition) is 2. The number of rotatable bonds is 3. The molecule has 5 rings (SSSR count). The predicted molar refractivity (Wildman–Crippen MR) is 144 cm³/mol. The highest BCUT2D eigenvalue weighted by atomic mass is 79.9. The summed E-state index contributed by atoms with van der Waals surface area (Å²) in [6, 6.07) is 7.83. The molecule has 2 N–H and O–H groups in total. The second-order valence-electron chi connectivity index (χ2n) is 10.0. The summed E-state index contributed by atoms with van der Waals surface area (Å²) in [6.45, 7) is 8.71. The first-order valence-corrected chi connectivity index (χ1v) is 10.9. The SMILES string of the molecule is Br.Br.CC1(C)CC(n2nnc3cc(-c4cc(F)c(-c5ccncc5)cc4O)nnc32)CC(C)(C)N1. The Hall–Kier alpha value is -2.50. The second-order valence-corrected chi connectivity index (χ2v) is 10.0. The molecule has 1 aliphatic rings. The van der Waals surface area contributed by atoms with Gasteiger partial charge in [-0.25, -0.2) is 9.07 Å². The van der Waals surface area contributed by atoms with Gasteiger partial charge in [0.15, 0.2) is 0 Å². The first-order valence-electron chi connectivity index (χ1n) is 10.9. The van der Waals surface area contributed by atoms with Gasteiger partial charge in [0.05, 0.1) is 11.7 Å². The molecule has 4 heterocycles. The van der Waals surface area contributed by atoms with E-state index in [1.807, 2.05) is 4.68 Å². The van der Waals surface area contributed by atoms with Gasteiger partial charge in [0.1, 0.15) is 17.1 Å². The zero-order valence-corrected chi connectivity index (χ0v) is 23.3. The molecule has 4 aromatic rings. The number of pyridine rings is 1. The van der Waals surface area contributed by atoms with Crippen molar-refractivity contribution in [3.63, 3.8) is 0 Å². The van der Waals surface area contributed by atoms with Gasteiger partial charge < -0.3 is 10.4 Å². The number of aromatic hydroxyl groups is 1. The first kappa shape index (κ1) is 27.1. The first-order chi connectivity index (χ1) is 15.6. The minimum Gasteiger partial charge on any atom is -0.507 e. The smallest absolute Gasteiger partial charge is 0.201 e. The molecule has 1 fully saturated rings. The van der Waals surface area contributed by atoms with Gasteiger partial charge in [-0.2, -0.15) is 0 Å². The molecule has 0 unspecified atom stereocenters. The molecule has 35 heavy (non-hydrogen) atoms. The monoisotopic (exact) mass is 607 g/mol. The maximum atomic E-state index is 14.9. The number of piperidine rings is 1. The van der Waals surface area contributed by atoms with Crippen LogP contribution in [0.4, 0.5) is 4.39 Å². The van der Waals surface area contributed by atoms with Crippen molar-refractivity contribution in [3.05, 3.63) is 48.5 Å². The van der Waals surface area contributed by atoms with Crippen LogP contribution in [-0.4, -0.2) is 46.4 Å². The third-order valence-corrected chi connectivity index (χ3v) is 6.09. The Kier molecular flexibility index (Phi) is 7.64. The minimum absolute atomic E-state index is 0. The fourth-order valence-electron chi connectivity index (χ4n) is 5.09. The van der Waals surface area contributed by atoms with Crippen molar-refractivity contribution < 1.29 is 9.50 Å². The summed E-state index contributed by atoms with van der Waals surface area (Å²) in [6.07, 6.45) is 4.90. The van der Waals surface area contributed by atoms with Gasteiger partial charge in [0, 0.05) is 34.6 Å². The van der Waals surface area contributed by atoms with E-state index in [9.17, 15) is 9.50 Å². The lowest BCUT2D eigenvalue weighted by molar-refractivity contribution is 0.127. The van der Waals surface area contributed by atoms with Crippen molar-refractivity contribution in [1.82, 2.24) is 35.5 Å². The highest BCUT2D eigenvalue weighted by molar-refractivity contribution is 8.93. The summed E-state index contributed by atoms with van der Waals surface area (Å²) in [5, 5.41) is 31.6. The number of benzene rings is 1. The van der Waals surface area contributed by atoms with E-state index in [0.29, 0.717) is 22.4 Å². The normalized spacial score (nSPS) is 16.9. The molecule has 0 atom stereocenters. The lowest BCUT2D eigenvalue weighted by Crippen LogP contribution is -2.58. The molecule has 0 saturated carbocycles. The molecule has 0 spiro atoms. The third-order valence-electron chi connectivity index (χ3n) is 6.09. The van der Waals surface area contributed by atoms with Crippen molar-refractivity contribution in [3.8, 4) is 28.1 Å².